The zero-order chi connectivity index (χ0) is 16.8. The smallest absolute Gasteiger partial charge is 0.341 e. The van der Waals surface area contributed by atoms with Gasteiger partial charge >= 0.3 is 5.97 Å². The lowest BCUT2D eigenvalue weighted by atomic mass is 10.1. The van der Waals surface area contributed by atoms with E-state index < -0.39 is 12.6 Å². The number of amides is 1. The maximum atomic E-state index is 12.2. The van der Waals surface area contributed by atoms with Crippen LogP contribution in [0.4, 0.5) is 0 Å². The van der Waals surface area contributed by atoms with Gasteiger partial charge in [-0.05, 0) is 36.8 Å². The largest absolute Gasteiger partial charge is 0.482 e. The van der Waals surface area contributed by atoms with E-state index in [4.69, 9.17) is 21.4 Å². The Morgan fingerprint density at radius 3 is 2.78 bits per heavy atom. The van der Waals surface area contributed by atoms with Gasteiger partial charge in [0.15, 0.2) is 6.61 Å². The minimum absolute atomic E-state index is 0.0969. The Balaban J connectivity index is 1.91. The van der Waals surface area contributed by atoms with Crippen molar-refractivity contribution >= 4 is 34.8 Å². The fourth-order valence-corrected chi connectivity index (χ4v) is 3.03. The summed E-state index contributed by atoms with van der Waals surface area (Å²) in [5.41, 5.74) is 0.831. The molecule has 1 unspecified atom stereocenters. The SMILES string of the molecule is CC(C(=O)NCc1cccc(OCC(=O)O)c1)c1ccc(Cl)s1. The van der Waals surface area contributed by atoms with Gasteiger partial charge in [-0.2, -0.15) is 0 Å². The second-order valence-corrected chi connectivity index (χ2v) is 6.66. The zero-order valence-electron chi connectivity index (χ0n) is 12.4. The fourth-order valence-electron chi connectivity index (χ4n) is 1.92. The first-order valence-corrected chi connectivity index (χ1v) is 8.11. The number of carboxylic acids is 1. The molecule has 122 valence electrons. The quantitative estimate of drug-likeness (QED) is 0.801. The van der Waals surface area contributed by atoms with E-state index in [0.29, 0.717) is 16.6 Å². The van der Waals surface area contributed by atoms with Gasteiger partial charge in [-0.1, -0.05) is 23.7 Å². The highest BCUT2D eigenvalue weighted by Crippen LogP contribution is 2.28. The van der Waals surface area contributed by atoms with Crippen LogP contribution < -0.4 is 10.1 Å². The summed E-state index contributed by atoms with van der Waals surface area (Å²) >= 11 is 7.27. The number of nitrogens with one attached hydrogen (secondary N) is 1. The van der Waals surface area contributed by atoms with Crippen molar-refractivity contribution in [3.05, 3.63) is 51.2 Å². The lowest BCUT2D eigenvalue weighted by molar-refractivity contribution is -0.139. The van der Waals surface area contributed by atoms with Crippen molar-refractivity contribution in [3.8, 4) is 5.75 Å². The molecule has 0 bridgehead atoms. The second kappa shape index (κ2) is 7.99. The van der Waals surface area contributed by atoms with Crippen molar-refractivity contribution in [3.63, 3.8) is 0 Å². The summed E-state index contributed by atoms with van der Waals surface area (Å²) in [4.78, 5) is 23.6. The monoisotopic (exact) mass is 353 g/mol. The van der Waals surface area contributed by atoms with Crippen LogP contribution in [0.2, 0.25) is 4.34 Å². The number of hydrogen-bond acceptors (Lipinski definition) is 4. The standard InChI is InChI=1S/C16H16ClNO4S/c1-10(13-5-6-14(17)23-13)16(21)18-8-11-3-2-4-12(7-11)22-9-15(19)20/h2-7,10H,8-9H2,1H3,(H,18,21)(H,19,20). The summed E-state index contributed by atoms with van der Waals surface area (Å²) in [5.74, 6) is -0.955. The molecule has 2 rings (SSSR count). The Labute approximate surface area is 142 Å². The second-order valence-electron chi connectivity index (χ2n) is 4.91. The number of carbonyl (C=O) groups is 2. The first-order valence-electron chi connectivity index (χ1n) is 6.92. The summed E-state index contributed by atoms with van der Waals surface area (Å²) in [6.45, 7) is 1.77. The van der Waals surface area contributed by atoms with Gasteiger partial charge in [0, 0.05) is 11.4 Å². The van der Waals surface area contributed by atoms with Crippen LogP contribution in [0.15, 0.2) is 36.4 Å². The van der Waals surface area contributed by atoms with Crippen LogP contribution in [0.3, 0.4) is 0 Å². The van der Waals surface area contributed by atoms with Gasteiger partial charge < -0.3 is 15.2 Å². The summed E-state index contributed by atoms with van der Waals surface area (Å²) in [6.07, 6.45) is 0. The minimum Gasteiger partial charge on any atom is -0.482 e. The summed E-state index contributed by atoms with van der Waals surface area (Å²) in [6, 6.07) is 10.6. The van der Waals surface area contributed by atoms with E-state index >= 15 is 0 Å². The molecule has 1 amide bonds. The van der Waals surface area contributed by atoms with Gasteiger partial charge in [-0.3, -0.25) is 4.79 Å². The summed E-state index contributed by atoms with van der Waals surface area (Å²) in [7, 11) is 0. The Kier molecular flexibility index (Phi) is 6.01. The molecule has 0 aliphatic carbocycles. The average Bonchev–Trinajstić information content (AvgIpc) is 2.96. The van der Waals surface area contributed by atoms with Crippen LogP contribution in [0, 0.1) is 0 Å². The van der Waals surface area contributed by atoms with Crippen LogP contribution in [0.25, 0.3) is 0 Å². The van der Waals surface area contributed by atoms with Gasteiger partial charge in [0.25, 0.3) is 0 Å². The lowest BCUT2D eigenvalue weighted by Crippen LogP contribution is -2.27. The molecule has 2 N–H and O–H groups in total. The van der Waals surface area contributed by atoms with Crippen molar-refractivity contribution in [2.45, 2.75) is 19.4 Å². The van der Waals surface area contributed by atoms with E-state index in [0.717, 1.165) is 10.4 Å². The topological polar surface area (TPSA) is 75.6 Å². The van der Waals surface area contributed by atoms with Crippen LogP contribution in [-0.2, 0) is 16.1 Å². The van der Waals surface area contributed by atoms with Crippen molar-refractivity contribution in [1.29, 1.82) is 0 Å². The van der Waals surface area contributed by atoms with E-state index in [1.807, 2.05) is 19.1 Å². The normalized spacial score (nSPS) is 11.7. The van der Waals surface area contributed by atoms with Gasteiger partial charge in [-0.15, -0.1) is 11.3 Å². The third-order valence-corrected chi connectivity index (χ3v) is 4.56. The molecular formula is C16H16ClNO4S. The number of benzene rings is 1. The Bertz CT molecular complexity index is 701. The number of carbonyl (C=O) groups excluding carboxylic acids is 1. The summed E-state index contributed by atoms with van der Waals surface area (Å²) < 4.78 is 5.76. The molecule has 0 spiro atoms. The van der Waals surface area contributed by atoms with E-state index in [1.54, 1.807) is 24.3 Å². The fraction of sp³-hybridized carbons (Fsp3) is 0.250. The van der Waals surface area contributed by atoms with Crippen molar-refractivity contribution < 1.29 is 19.4 Å². The van der Waals surface area contributed by atoms with Crippen LogP contribution in [0.1, 0.15) is 23.3 Å². The highest BCUT2D eigenvalue weighted by atomic mass is 35.5. The number of aliphatic carboxylic acids is 1. The van der Waals surface area contributed by atoms with Gasteiger partial charge in [0.05, 0.1) is 10.3 Å². The van der Waals surface area contributed by atoms with E-state index in [1.165, 1.54) is 11.3 Å². The predicted molar refractivity (Wildman–Crippen MR) is 89.2 cm³/mol. The van der Waals surface area contributed by atoms with Crippen LogP contribution in [-0.4, -0.2) is 23.6 Å². The molecular weight excluding hydrogens is 338 g/mol. The highest BCUT2D eigenvalue weighted by molar-refractivity contribution is 7.16. The van der Waals surface area contributed by atoms with E-state index in [9.17, 15) is 9.59 Å². The molecule has 1 aromatic heterocycles. The van der Waals surface area contributed by atoms with Gasteiger partial charge in [0.2, 0.25) is 5.91 Å². The Hall–Kier alpha value is -2.05. The number of carboxylic acid groups (broad SMARTS) is 1. The molecule has 0 fully saturated rings. The lowest BCUT2D eigenvalue weighted by Gasteiger charge is -2.11. The molecule has 0 saturated carbocycles. The molecule has 7 heteroatoms. The van der Waals surface area contributed by atoms with E-state index in [2.05, 4.69) is 5.32 Å². The number of ether oxygens (including phenoxy) is 1. The Morgan fingerprint density at radius 2 is 2.13 bits per heavy atom. The molecule has 0 aliphatic heterocycles. The van der Waals surface area contributed by atoms with Gasteiger partial charge in [0.1, 0.15) is 5.75 Å². The van der Waals surface area contributed by atoms with Gasteiger partial charge in [-0.25, -0.2) is 4.79 Å². The first kappa shape index (κ1) is 17.3. The van der Waals surface area contributed by atoms with Crippen molar-refractivity contribution in [2.75, 3.05) is 6.61 Å². The number of thiophene rings is 1. The van der Waals surface area contributed by atoms with Crippen LogP contribution >= 0.6 is 22.9 Å². The molecule has 1 heterocycles. The summed E-state index contributed by atoms with van der Waals surface area (Å²) in [5, 5.41) is 11.5. The van der Waals surface area contributed by atoms with Crippen molar-refractivity contribution in [1.82, 2.24) is 5.32 Å². The molecule has 0 radical (unpaired) electrons. The highest BCUT2D eigenvalue weighted by Gasteiger charge is 2.16. The minimum atomic E-state index is -1.04. The van der Waals surface area contributed by atoms with Crippen molar-refractivity contribution in [2.24, 2.45) is 0 Å². The molecule has 0 aliphatic rings. The predicted octanol–water partition coefficient (Wildman–Crippen LogP) is 3.28. The molecule has 2 aromatic rings. The van der Waals surface area contributed by atoms with Crippen LogP contribution in [0.5, 0.6) is 5.75 Å². The third kappa shape index (κ3) is 5.26. The molecule has 5 nitrogen and oxygen atoms in total. The first-order chi connectivity index (χ1) is 11.0. The molecule has 23 heavy (non-hydrogen) atoms. The maximum absolute atomic E-state index is 12.2. The Morgan fingerprint density at radius 1 is 1.35 bits per heavy atom. The van der Waals surface area contributed by atoms with E-state index in [-0.39, 0.29) is 11.8 Å². The molecule has 1 atom stereocenters. The molecule has 0 saturated heterocycles. The zero-order valence-corrected chi connectivity index (χ0v) is 14.0. The molecule has 1 aromatic carbocycles. The number of rotatable bonds is 7. The number of hydrogen-bond donors (Lipinski definition) is 2. The maximum Gasteiger partial charge on any atom is 0.341 e. The third-order valence-electron chi connectivity index (χ3n) is 3.14. The number of halogens is 1. The average molecular weight is 354 g/mol.